The molecule has 1 aromatic rings. The maximum Gasteiger partial charge on any atom is 0.395 e. The zero-order valence-electron chi connectivity index (χ0n) is 7.59. The molecule has 1 fully saturated rings. The molecule has 0 saturated heterocycles. The predicted molar refractivity (Wildman–Crippen MR) is 52.7 cm³/mol. The lowest BCUT2D eigenvalue weighted by Crippen LogP contribution is -2.16. The van der Waals surface area contributed by atoms with Crippen molar-refractivity contribution in [1.82, 2.24) is 0 Å². The van der Waals surface area contributed by atoms with Crippen LogP contribution in [0.4, 0.5) is 13.2 Å². The largest absolute Gasteiger partial charge is 0.490 e. The van der Waals surface area contributed by atoms with Gasteiger partial charge in [0.2, 0.25) is 0 Å². The Balaban J connectivity index is 1.93. The lowest BCUT2D eigenvalue weighted by Gasteiger charge is -2.07. The number of hydrogen-bond acceptors (Lipinski definition) is 1. The molecule has 0 amide bonds. The van der Waals surface area contributed by atoms with Gasteiger partial charge in [0.05, 0.1) is 5.92 Å². The van der Waals surface area contributed by atoms with Gasteiger partial charge in [-0.25, -0.2) is 0 Å². The molecule has 0 bridgehead atoms. The third kappa shape index (κ3) is 2.65. The van der Waals surface area contributed by atoms with E-state index in [-0.39, 0.29) is 6.42 Å². The summed E-state index contributed by atoms with van der Waals surface area (Å²) in [7, 11) is 0. The summed E-state index contributed by atoms with van der Waals surface area (Å²) in [6.45, 7) is 0. The minimum atomic E-state index is -4.12. The van der Waals surface area contributed by atoms with Gasteiger partial charge in [0, 0.05) is 4.47 Å². The molecule has 15 heavy (non-hydrogen) atoms. The van der Waals surface area contributed by atoms with Gasteiger partial charge in [0.25, 0.3) is 0 Å². The van der Waals surface area contributed by atoms with Crippen molar-refractivity contribution in [2.24, 2.45) is 5.92 Å². The van der Waals surface area contributed by atoms with Crippen LogP contribution in [0.2, 0.25) is 0 Å². The monoisotopic (exact) mass is 280 g/mol. The van der Waals surface area contributed by atoms with E-state index < -0.39 is 18.2 Å². The van der Waals surface area contributed by atoms with E-state index in [1.807, 2.05) is 0 Å². The van der Waals surface area contributed by atoms with Gasteiger partial charge in [0.15, 0.2) is 0 Å². The number of benzene rings is 1. The van der Waals surface area contributed by atoms with Gasteiger partial charge in [-0.2, -0.15) is 13.2 Å². The van der Waals surface area contributed by atoms with Gasteiger partial charge < -0.3 is 4.74 Å². The van der Waals surface area contributed by atoms with Crippen LogP contribution < -0.4 is 4.74 Å². The molecule has 0 spiro atoms. The highest BCUT2D eigenvalue weighted by molar-refractivity contribution is 9.10. The van der Waals surface area contributed by atoms with Gasteiger partial charge >= 0.3 is 6.18 Å². The maximum atomic E-state index is 12.2. The Morgan fingerprint density at radius 3 is 2.27 bits per heavy atom. The molecule has 0 unspecified atom stereocenters. The molecular weight excluding hydrogens is 273 g/mol. The molecule has 2 rings (SSSR count). The second-order valence-electron chi connectivity index (χ2n) is 3.49. The Bertz CT molecular complexity index is 347. The average Bonchev–Trinajstić information content (AvgIpc) is 2.88. The van der Waals surface area contributed by atoms with Crippen LogP contribution in [0.3, 0.4) is 0 Å². The lowest BCUT2D eigenvalue weighted by atomic mass is 10.3. The SMILES string of the molecule is FC(F)(F)[C@@H]1C[C@H]1Oc1ccc(Br)cc1. The summed E-state index contributed by atoms with van der Waals surface area (Å²) < 4.78 is 42.6. The van der Waals surface area contributed by atoms with E-state index in [0.29, 0.717) is 5.75 Å². The first kappa shape index (κ1) is 10.8. The first-order chi connectivity index (χ1) is 6.97. The average molecular weight is 281 g/mol. The van der Waals surface area contributed by atoms with E-state index in [4.69, 9.17) is 4.74 Å². The quantitative estimate of drug-likeness (QED) is 0.801. The van der Waals surface area contributed by atoms with Crippen molar-refractivity contribution in [3.05, 3.63) is 28.7 Å². The molecule has 82 valence electrons. The summed E-state index contributed by atoms with van der Waals surface area (Å²) in [5.74, 6) is -0.809. The first-order valence-corrected chi connectivity index (χ1v) is 5.25. The Kier molecular flexibility index (Phi) is 2.66. The molecule has 0 aliphatic heterocycles. The van der Waals surface area contributed by atoms with E-state index in [9.17, 15) is 13.2 Å². The molecule has 0 heterocycles. The standard InChI is InChI=1S/C10H8BrF3O/c11-6-1-3-7(4-2-6)15-9-5-8(9)10(12,13)14/h1-4,8-9H,5H2/t8-,9-/m1/s1. The number of hydrogen-bond donors (Lipinski definition) is 0. The Morgan fingerprint density at radius 2 is 1.80 bits per heavy atom. The Labute approximate surface area is 93.4 Å². The van der Waals surface area contributed by atoms with Crippen LogP contribution in [-0.2, 0) is 0 Å². The van der Waals surface area contributed by atoms with Gasteiger partial charge in [-0.15, -0.1) is 0 Å². The minimum Gasteiger partial charge on any atom is -0.490 e. The normalized spacial score (nSPS) is 25.1. The third-order valence-corrected chi connectivity index (χ3v) is 2.78. The fourth-order valence-electron chi connectivity index (χ4n) is 1.33. The van der Waals surface area contributed by atoms with E-state index >= 15 is 0 Å². The van der Waals surface area contributed by atoms with Crippen molar-refractivity contribution in [3.8, 4) is 5.75 Å². The van der Waals surface area contributed by atoms with Crippen LogP contribution in [0.5, 0.6) is 5.75 Å². The smallest absolute Gasteiger partial charge is 0.395 e. The maximum absolute atomic E-state index is 12.2. The molecule has 0 N–H and O–H groups in total. The van der Waals surface area contributed by atoms with Crippen LogP contribution in [-0.4, -0.2) is 12.3 Å². The van der Waals surface area contributed by atoms with Crippen molar-refractivity contribution in [1.29, 1.82) is 0 Å². The van der Waals surface area contributed by atoms with Crippen molar-refractivity contribution >= 4 is 15.9 Å². The molecule has 1 nitrogen and oxygen atoms in total. The van der Waals surface area contributed by atoms with Crippen LogP contribution >= 0.6 is 15.9 Å². The molecule has 1 aliphatic rings. The highest BCUT2D eigenvalue weighted by Crippen LogP contribution is 2.46. The molecule has 0 aromatic heterocycles. The predicted octanol–water partition coefficient (Wildman–Crippen LogP) is 3.78. The Hall–Kier alpha value is -0.710. The highest BCUT2D eigenvalue weighted by atomic mass is 79.9. The summed E-state index contributed by atoms with van der Waals surface area (Å²) >= 11 is 3.24. The second-order valence-corrected chi connectivity index (χ2v) is 4.41. The third-order valence-electron chi connectivity index (χ3n) is 2.25. The molecular formula is C10H8BrF3O. The fraction of sp³-hybridized carbons (Fsp3) is 0.400. The lowest BCUT2D eigenvalue weighted by molar-refractivity contribution is -0.153. The Morgan fingerprint density at radius 1 is 1.20 bits per heavy atom. The zero-order chi connectivity index (χ0) is 11.1. The van der Waals surface area contributed by atoms with Crippen molar-refractivity contribution in [2.75, 3.05) is 0 Å². The summed E-state index contributed by atoms with van der Waals surface area (Å²) in [5, 5.41) is 0. The van der Waals surface area contributed by atoms with Crippen LogP contribution in [0.1, 0.15) is 6.42 Å². The topological polar surface area (TPSA) is 9.23 Å². The van der Waals surface area contributed by atoms with Crippen LogP contribution in [0.15, 0.2) is 28.7 Å². The van der Waals surface area contributed by atoms with E-state index in [0.717, 1.165) is 4.47 Å². The van der Waals surface area contributed by atoms with Crippen molar-refractivity contribution < 1.29 is 17.9 Å². The summed E-state index contributed by atoms with van der Waals surface area (Å²) in [5.41, 5.74) is 0. The van der Waals surface area contributed by atoms with Gasteiger partial charge in [0.1, 0.15) is 11.9 Å². The van der Waals surface area contributed by atoms with Crippen LogP contribution in [0.25, 0.3) is 0 Å². The molecule has 1 aliphatic carbocycles. The fourth-order valence-corrected chi connectivity index (χ4v) is 1.60. The molecule has 5 heteroatoms. The van der Waals surface area contributed by atoms with E-state index in [2.05, 4.69) is 15.9 Å². The second kappa shape index (κ2) is 3.70. The van der Waals surface area contributed by atoms with Crippen molar-refractivity contribution in [2.45, 2.75) is 18.7 Å². The van der Waals surface area contributed by atoms with Gasteiger partial charge in [-0.3, -0.25) is 0 Å². The number of halogens is 4. The molecule has 1 aromatic carbocycles. The first-order valence-electron chi connectivity index (χ1n) is 4.46. The van der Waals surface area contributed by atoms with E-state index in [1.165, 1.54) is 0 Å². The summed E-state index contributed by atoms with van der Waals surface area (Å²) in [6.07, 6.45) is -4.76. The van der Waals surface area contributed by atoms with Gasteiger partial charge in [-0.1, -0.05) is 15.9 Å². The molecule has 2 atom stereocenters. The van der Waals surface area contributed by atoms with Crippen LogP contribution in [0, 0.1) is 5.92 Å². The number of ether oxygens (including phenoxy) is 1. The minimum absolute atomic E-state index is 0.0690. The summed E-state index contributed by atoms with van der Waals surface area (Å²) in [4.78, 5) is 0. The van der Waals surface area contributed by atoms with Crippen molar-refractivity contribution in [3.63, 3.8) is 0 Å². The summed E-state index contributed by atoms with van der Waals surface area (Å²) in [6, 6.07) is 6.77. The highest BCUT2D eigenvalue weighted by Gasteiger charge is 2.57. The van der Waals surface area contributed by atoms with E-state index in [1.54, 1.807) is 24.3 Å². The molecule has 0 radical (unpaired) electrons. The number of alkyl halides is 3. The molecule has 1 saturated carbocycles. The zero-order valence-corrected chi connectivity index (χ0v) is 9.18. The van der Waals surface area contributed by atoms with Gasteiger partial charge in [-0.05, 0) is 30.7 Å². The number of rotatable bonds is 2.